The maximum atomic E-state index is 13.9. The second kappa shape index (κ2) is 6.20. The smallest absolute Gasteiger partial charge is 0.274 e. The van der Waals surface area contributed by atoms with Gasteiger partial charge in [-0.25, -0.2) is 4.39 Å². The summed E-state index contributed by atoms with van der Waals surface area (Å²) in [7, 11) is 1.66. The molecule has 0 atom stereocenters. The van der Waals surface area contributed by atoms with Gasteiger partial charge in [-0.3, -0.25) is 9.48 Å². The lowest BCUT2D eigenvalue weighted by Crippen LogP contribution is -2.16. The first kappa shape index (κ1) is 14.8. The minimum atomic E-state index is -0.550. The van der Waals surface area contributed by atoms with Crippen molar-refractivity contribution in [1.82, 2.24) is 9.78 Å². The topological polar surface area (TPSA) is 72.9 Å². The molecule has 2 rings (SSSR count). The second-order valence-electron chi connectivity index (χ2n) is 4.45. The molecule has 0 bridgehead atoms. The molecular formula is C15H15FN4O. The van der Waals surface area contributed by atoms with Gasteiger partial charge < -0.3 is 11.1 Å². The van der Waals surface area contributed by atoms with E-state index in [1.807, 2.05) is 0 Å². The number of nitrogens with two attached hydrogens (primary N) is 1. The number of amides is 1. The molecule has 0 saturated heterocycles. The molecule has 0 aliphatic rings. The standard InChI is InChI=1S/C15H15FN4O/c1-10-8-14(20(2)19-10)15(21)18-13-6-5-11(4-3-7-17)9-12(13)16/h5-6,8-9H,7,17H2,1-2H3,(H,18,21). The molecule has 1 amide bonds. The number of aromatic nitrogens is 2. The van der Waals surface area contributed by atoms with Crippen molar-refractivity contribution in [1.29, 1.82) is 0 Å². The van der Waals surface area contributed by atoms with E-state index in [-0.39, 0.29) is 12.2 Å². The lowest BCUT2D eigenvalue weighted by molar-refractivity contribution is 0.101. The number of halogens is 1. The summed E-state index contributed by atoms with van der Waals surface area (Å²) in [4.78, 5) is 12.1. The molecule has 0 aliphatic carbocycles. The lowest BCUT2D eigenvalue weighted by atomic mass is 10.2. The van der Waals surface area contributed by atoms with Gasteiger partial charge in [0.05, 0.1) is 17.9 Å². The van der Waals surface area contributed by atoms with Gasteiger partial charge in [0, 0.05) is 12.6 Å². The summed E-state index contributed by atoms with van der Waals surface area (Å²) in [5.74, 6) is 4.40. The van der Waals surface area contributed by atoms with Crippen LogP contribution >= 0.6 is 0 Å². The highest BCUT2D eigenvalue weighted by molar-refractivity contribution is 6.03. The van der Waals surface area contributed by atoms with Crippen molar-refractivity contribution in [3.05, 3.63) is 47.0 Å². The summed E-state index contributed by atoms with van der Waals surface area (Å²) in [6.45, 7) is 1.99. The van der Waals surface area contributed by atoms with Crippen LogP contribution in [0.4, 0.5) is 10.1 Å². The van der Waals surface area contributed by atoms with Crippen LogP contribution in [0.25, 0.3) is 0 Å². The number of nitrogens with one attached hydrogen (secondary N) is 1. The zero-order valence-corrected chi connectivity index (χ0v) is 11.8. The minimum Gasteiger partial charge on any atom is -0.320 e. The van der Waals surface area contributed by atoms with Gasteiger partial charge in [0.1, 0.15) is 11.5 Å². The number of hydrogen-bond donors (Lipinski definition) is 2. The van der Waals surface area contributed by atoms with Crippen LogP contribution in [0.1, 0.15) is 21.7 Å². The molecule has 0 radical (unpaired) electrons. The van der Waals surface area contributed by atoms with Gasteiger partial charge in [0.25, 0.3) is 5.91 Å². The Kier molecular flexibility index (Phi) is 4.36. The number of rotatable bonds is 2. The third kappa shape index (κ3) is 3.46. The summed E-state index contributed by atoms with van der Waals surface area (Å²) in [6.07, 6.45) is 0. The van der Waals surface area contributed by atoms with Crippen molar-refractivity contribution >= 4 is 11.6 Å². The first-order valence-corrected chi connectivity index (χ1v) is 6.31. The van der Waals surface area contributed by atoms with Crippen LogP contribution in [-0.2, 0) is 7.05 Å². The fraction of sp³-hybridized carbons (Fsp3) is 0.200. The maximum absolute atomic E-state index is 13.9. The van der Waals surface area contributed by atoms with E-state index in [2.05, 4.69) is 22.3 Å². The normalized spacial score (nSPS) is 9.90. The number of benzene rings is 1. The van der Waals surface area contributed by atoms with E-state index in [1.54, 1.807) is 26.1 Å². The van der Waals surface area contributed by atoms with Crippen molar-refractivity contribution in [2.24, 2.45) is 12.8 Å². The molecular weight excluding hydrogens is 271 g/mol. The summed E-state index contributed by atoms with van der Waals surface area (Å²) < 4.78 is 15.4. The van der Waals surface area contributed by atoms with Gasteiger partial charge >= 0.3 is 0 Å². The van der Waals surface area contributed by atoms with E-state index in [1.165, 1.54) is 16.8 Å². The number of aryl methyl sites for hydroxylation is 2. The highest BCUT2D eigenvalue weighted by atomic mass is 19.1. The van der Waals surface area contributed by atoms with Crippen molar-refractivity contribution in [2.45, 2.75) is 6.92 Å². The Morgan fingerprint density at radius 2 is 2.24 bits per heavy atom. The molecule has 0 saturated carbocycles. The SMILES string of the molecule is Cc1cc(C(=O)Nc2ccc(C#CCN)cc2F)n(C)n1. The van der Waals surface area contributed by atoms with Gasteiger partial charge in [-0.2, -0.15) is 5.10 Å². The van der Waals surface area contributed by atoms with E-state index in [0.29, 0.717) is 11.3 Å². The summed E-state index contributed by atoms with van der Waals surface area (Å²) in [5, 5.41) is 6.59. The molecule has 3 N–H and O–H groups in total. The molecule has 2 aromatic rings. The van der Waals surface area contributed by atoms with Crippen molar-refractivity contribution in [3.63, 3.8) is 0 Å². The summed E-state index contributed by atoms with van der Waals surface area (Å²) in [5.41, 5.74) is 6.94. The Labute approximate surface area is 122 Å². The third-order valence-electron chi connectivity index (χ3n) is 2.79. The molecule has 0 unspecified atom stereocenters. The number of hydrogen-bond acceptors (Lipinski definition) is 3. The molecule has 1 heterocycles. The Hall–Kier alpha value is -2.65. The van der Waals surface area contributed by atoms with E-state index >= 15 is 0 Å². The number of nitrogens with zero attached hydrogens (tertiary/aromatic N) is 2. The molecule has 0 spiro atoms. The Morgan fingerprint density at radius 1 is 1.48 bits per heavy atom. The van der Waals surface area contributed by atoms with Crippen molar-refractivity contribution in [3.8, 4) is 11.8 Å². The van der Waals surface area contributed by atoms with E-state index in [4.69, 9.17) is 5.73 Å². The van der Waals surface area contributed by atoms with E-state index in [9.17, 15) is 9.18 Å². The molecule has 21 heavy (non-hydrogen) atoms. The van der Waals surface area contributed by atoms with Crippen molar-refractivity contribution in [2.75, 3.05) is 11.9 Å². The summed E-state index contributed by atoms with van der Waals surface area (Å²) >= 11 is 0. The van der Waals surface area contributed by atoms with Crippen LogP contribution < -0.4 is 11.1 Å². The van der Waals surface area contributed by atoms with Crippen LogP contribution in [0.5, 0.6) is 0 Å². The van der Waals surface area contributed by atoms with Crippen LogP contribution in [-0.4, -0.2) is 22.2 Å². The number of carbonyl (C=O) groups is 1. The molecule has 1 aromatic carbocycles. The van der Waals surface area contributed by atoms with Crippen LogP contribution in [0, 0.1) is 24.6 Å². The maximum Gasteiger partial charge on any atom is 0.274 e. The zero-order chi connectivity index (χ0) is 15.4. The summed E-state index contributed by atoms with van der Waals surface area (Å²) in [6, 6.07) is 5.98. The number of carbonyl (C=O) groups excluding carboxylic acids is 1. The predicted molar refractivity (Wildman–Crippen MR) is 78.2 cm³/mol. The Bertz CT molecular complexity index is 740. The third-order valence-corrected chi connectivity index (χ3v) is 2.79. The fourth-order valence-corrected chi connectivity index (χ4v) is 1.86. The molecule has 6 heteroatoms. The van der Waals surface area contributed by atoms with Gasteiger partial charge in [-0.05, 0) is 31.2 Å². The lowest BCUT2D eigenvalue weighted by Gasteiger charge is -2.06. The highest BCUT2D eigenvalue weighted by Crippen LogP contribution is 2.16. The van der Waals surface area contributed by atoms with Crippen LogP contribution in [0.2, 0.25) is 0 Å². The molecule has 1 aromatic heterocycles. The minimum absolute atomic E-state index is 0.0946. The Morgan fingerprint density at radius 3 is 2.81 bits per heavy atom. The Balaban J connectivity index is 2.20. The number of anilines is 1. The van der Waals surface area contributed by atoms with Gasteiger partial charge in [0.15, 0.2) is 0 Å². The monoisotopic (exact) mass is 286 g/mol. The van der Waals surface area contributed by atoms with E-state index in [0.717, 1.165) is 5.69 Å². The first-order valence-electron chi connectivity index (χ1n) is 6.31. The largest absolute Gasteiger partial charge is 0.320 e. The molecule has 5 nitrogen and oxygen atoms in total. The average molecular weight is 286 g/mol. The van der Waals surface area contributed by atoms with Gasteiger partial charge in [-0.15, -0.1) is 0 Å². The van der Waals surface area contributed by atoms with E-state index < -0.39 is 11.7 Å². The second-order valence-corrected chi connectivity index (χ2v) is 4.45. The van der Waals surface area contributed by atoms with Gasteiger partial charge in [-0.1, -0.05) is 11.8 Å². The van der Waals surface area contributed by atoms with Crippen molar-refractivity contribution < 1.29 is 9.18 Å². The highest BCUT2D eigenvalue weighted by Gasteiger charge is 2.14. The average Bonchev–Trinajstić information content (AvgIpc) is 2.78. The quantitative estimate of drug-likeness (QED) is 0.820. The molecule has 108 valence electrons. The fourth-order valence-electron chi connectivity index (χ4n) is 1.86. The van der Waals surface area contributed by atoms with Crippen LogP contribution in [0.3, 0.4) is 0 Å². The van der Waals surface area contributed by atoms with Crippen LogP contribution in [0.15, 0.2) is 24.3 Å². The predicted octanol–water partition coefficient (Wildman–Crippen LogP) is 1.43. The molecule has 0 fully saturated rings. The molecule has 0 aliphatic heterocycles. The first-order chi connectivity index (χ1) is 10.0. The van der Waals surface area contributed by atoms with Gasteiger partial charge in [0.2, 0.25) is 0 Å². The zero-order valence-electron chi connectivity index (χ0n) is 11.8.